The molecule has 2 nitrogen and oxygen atoms in total. The van der Waals surface area contributed by atoms with Gasteiger partial charge >= 0.3 is 0 Å². The molecule has 0 saturated carbocycles. The molecule has 0 amide bonds. The molecular weight excluding hydrogens is 351 g/mol. The Morgan fingerprint density at radius 2 is 1.52 bits per heavy atom. The highest BCUT2D eigenvalue weighted by atomic mass is 35.5. The van der Waals surface area contributed by atoms with Crippen molar-refractivity contribution in [2.24, 2.45) is 0 Å². The van der Waals surface area contributed by atoms with E-state index in [9.17, 15) is 0 Å². The third-order valence-electron chi connectivity index (χ3n) is 5.31. The predicted octanol–water partition coefficient (Wildman–Crippen LogP) is 5.41. The summed E-state index contributed by atoms with van der Waals surface area (Å²) in [5.41, 5.74) is 9.72. The number of aryl methyl sites for hydroxylation is 3. The van der Waals surface area contributed by atoms with Crippen LogP contribution in [0.1, 0.15) is 16.7 Å². The van der Waals surface area contributed by atoms with Crippen molar-refractivity contribution in [2.45, 2.75) is 20.8 Å². The standard InChI is InChI=1S/C23H18BClN2/c1-13-8-15(3)16-12-22-26(20(16)10-13)18-6-4-5-7-19(18)27(22)21-11-14(2)9-17(24)23(21)25/h4-12H,1-3H3. The largest absolute Gasteiger partial charge is 0.293 e. The Balaban J connectivity index is 2.05. The molecule has 0 aliphatic rings. The molecule has 0 N–H and O–H groups in total. The molecule has 27 heavy (non-hydrogen) atoms. The molecule has 130 valence electrons. The van der Waals surface area contributed by atoms with Crippen molar-refractivity contribution in [1.82, 2.24) is 8.97 Å². The molecule has 0 spiro atoms. The second-order valence-corrected chi connectivity index (χ2v) is 7.74. The van der Waals surface area contributed by atoms with E-state index in [1.54, 1.807) is 0 Å². The number of rotatable bonds is 1. The predicted molar refractivity (Wildman–Crippen MR) is 116 cm³/mol. The summed E-state index contributed by atoms with van der Waals surface area (Å²) in [5, 5.41) is 1.84. The SMILES string of the molecule is [B]c1cc(C)cc(-n2c3ccccc3n3c4cc(C)cc(C)c4cc23)c1Cl. The highest BCUT2D eigenvalue weighted by Gasteiger charge is 2.18. The summed E-state index contributed by atoms with van der Waals surface area (Å²) < 4.78 is 4.54. The van der Waals surface area contributed by atoms with Gasteiger partial charge in [-0.2, -0.15) is 0 Å². The summed E-state index contributed by atoms with van der Waals surface area (Å²) in [6.07, 6.45) is 0. The number of para-hydroxylation sites is 2. The lowest BCUT2D eigenvalue weighted by molar-refractivity contribution is 1.14. The van der Waals surface area contributed by atoms with Gasteiger partial charge in [-0.3, -0.25) is 8.97 Å². The topological polar surface area (TPSA) is 9.34 Å². The minimum Gasteiger partial charge on any atom is -0.293 e. The van der Waals surface area contributed by atoms with Crippen LogP contribution in [0, 0.1) is 20.8 Å². The van der Waals surface area contributed by atoms with Gasteiger partial charge in [0.25, 0.3) is 0 Å². The Morgan fingerprint density at radius 3 is 2.30 bits per heavy atom. The maximum Gasteiger partial charge on any atom is 0.123 e. The minimum absolute atomic E-state index is 0.585. The molecule has 0 fully saturated rings. The van der Waals surface area contributed by atoms with Gasteiger partial charge in [0.2, 0.25) is 0 Å². The third-order valence-corrected chi connectivity index (χ3v) is 5.72. The number of nitrogens with zero attached hydrogens (tertiary/aromatic N) is 2. The minimum atomic E-state index is 0.585. The molecule has 0 unspecified atom stereocenters. The van der Waals surface area contributed by atoms with Crippen LogP contribution in [-0.4, -0.2) is 16.8 Å². The zero-order chi connectivity index (χ0) is 18.9. The first-order valence-corrected chi connectivity index (χ1v) is 9.41. The van der Waals surface area contributed by atoms with Crippen LogP contribution in [0.4, 0.5) is 0 Å². The van der Waals surface area contributed by atoms with Crippen LogP contribution in [0.15, 0.2) is 54.6 Å². The van der Waals surface area contributed by atoms with Crippen molar-refractivity contribution in [2.75, 3.05) is 0 Å². The quantitative estimate of drug-likeness (QED) is 0.350. The smallest absolute Gasteiger partial charge is 0.123 e. The second-order valence-electron chi connectivity index (χ2n) is 7.36. The van der Waals surface area contributed by atoms with Gasteiger partial charge in [-0.25, -0.2) is 0 Å². The Morgan fingerprint density at radius 1 is 0.815 bits per heavy atom. The van der Waals surface area contributed by atoms with Crippen molar-refractivity contribution < 1.29 is 0 Å². The molecule has 5 rings (SSSR count). The fourth-order valence-electron chi connectivity index (χ4n) is 4.22. The Kier molecular flexibility index (Phi) is 3.47. The second kappa shape index (κ2) is 5.67. The molecule has 4 heteroatoms. The molecule has 0 aliphatic carbocycles. The highest BCUT2D eigenvalue weighted by molar-refractivity contribution is 6.46. The number of hydrogen-bond donors (Lipinski definition) is 0. The fraction of sp³-hybridized carbons (Fsp3) is 0.130. The highest BCUT2D eigenvalue weighted by Crippen LogP contribution is 2.34. The van der Waals surface area contributed by atoms with E-state index < -0.39 is 0 Å². The maximum absolute atomic E-state index is 6.66. The normalized spacial score (nSPS) is 11.9. The van der Waals surface area contributed by atoms with E-state index in [0.29, 0.717) is 10.5 Å². The zero-order valence-corrected chi connectivity index (χ0v) is 16.3. The van der Waals surface area contributed by atoms with E-state index in [1.807, 2.05) is 13.0 Å². The maximum atomic E-state index is 6.66. The molecule has 2 aromatic heterocycles. The van der Waals surface area contributed by atoms with Crippen molar-refractivity contribution in [1.29, 1.82) is 0 Å². The van der Waals surface area contributed by atoms with Crippen molar-refractivity contribution in [3.05, 3.63) is 76.3 Å². The van der Waals surface area contributed by atoms with Crippen LogP contribution in [0.5, 0.6) is 0 Å². The van der Waals surface area contributed by atoms with Gasteiger partial charge in [-0.05, 0) is 67.8 Å². The fourth-order valence-corrected chi connectivity index (χ4v) is 4.42. The Hall–Kier alpha value is -2.65. The van der Waals surface area contributed by atoms with Crippen LogP contribution >= 0.6 is 11.6 Å². The number of halogens is 1. The molecule has 2 radical (unpaired) electrons. The van der Waals surface area contributed by atoms with Crippen molar-refractivity contribution in [3.8, 4) is 5.69 Å². The molecule has 0 atom stereocenters. The van der Waals surface area contributed by atoms with Gasteiger partial charge in [-0.15, -0.1) is 0 Å². The van der Waals surface area contributed by atoms with Gasteiger partial charge in [0.15, 0.2) is 0 Å². The summed E-state index contributed by atoms with van der Waals surface area (Å²) in [7, 11) is 6.18. The number of hydrogen-bond acceptors (Lipinski definition) is 0. The van der Waals surface area contributed by atoms with Gasteiger partial charge in [-0.1, -0.05) is 41.3 Å². The molecule has 2 heterocycles. The van der Waals surface area contributed by atoms with Crippen LogP contribution in [-0.2, 0) is 0 Å². The first kappa shape index (κ1) is 16.5. The average Bonchev–Trinajstić information content (AvgIpc) is 3.13. The van der Waals surface area contributed by atoms with E-state index in [-0.39, 0.29) is 0 Å². The summed E-state index contributed by atoms with van der Waals surface area (Å²) in [6.45, 7) is 6.35. The lowest BCUT2D eigenvalue weighted by atomic mass is 9.93. The van der Waals surface area contributed by atoms with Crippen LogP contribution in [0.2, 0.25) is 5.02 Å². The lowest BCUT2D eigenvalue weighted by Crippen LogP contribution is -2.09. The summed E-state index contributed by atoms with van der Waals surface area (Å²) >= 11 is 6.66. The van der Waals surface area contributed by atoms with Gasteiger partial charge in [0.1, 0.15) is 13.5 Å². The molecule has 0 aliphatic heterocycles. The summed E-state index contributed by atoms with van der Waals surface area (Å²) in [4.78, 5) is 0. The van der Waals surface area contributed by atoms with Gasteiger partial charge < -0.3 is 0 Å². The molecule has 5 aromatic rings. The van der Waals surface area contributed by atoms with Crippen molar-refractivity contribution >= 4 is 52.5 Å². The van der Waals surface area contributed by atoms with Crippen LogP contribution < -0.4 is 5.46 Å². The van der Waals surface area contributed by atoms with E-state index >= 15 is 0 Å². The van der Waals surface area contributed by atoms with Gasteiger partial charge in [0.05, 0.1) is 27.3 Å². The number of imidazole rings is 1. The third kappa shape index (κ3) is 2.28. The Bertz CT molecular complexity index is 1370. The lowest BCUT2D eigenvalue weighted by Gasteiger charge is -2.12. The molecule has 0 saturated heterocycles. The Labute approximate surface area is 164 Å². The van der Waals surface area contributed by atoms with E-state index in [1.165, 1.54) is 22.0 Å². The van der Waals surface area contributed by atoms with E-state index in [2.05, 4.69) is 71.3 Å². The van der Waals surface area contributed by atoms with Crippen LogP contribution in [0.3, 0.4) is 0 Å². The number of benzene rings is 3. The number of aromatic nitrogens is 2. The first-order chi connectivity index (χ1) is 13.0. The van der Waals surface area contributed by atoms with Gasteiger partial charge in [0, 0.05) is 5.39 Å². The molecule has 3 aromatic carbocycles. The molecular formula is C23H18BClN2. The van der Waals surface area contributed by atoms with Crippen molar-refractivity contribution in [3.63, 3.8) is 0 Å². The summed E-state index contributed by atoms with van der Waals surface area (Å²) in [6, 6.07) is 19.2. The average molecular weight is 369 g/mol. The zero-order valence-electron chi connectivity index (χ0n) is 15.5. The molecule has 0 bridgehead atoms. The number of fused-ring (bicyclic) bond motifs is 5. The summed E-state index contributed by atoms with van der Waals surface area (Å²) in [5.74, 6) is 0. The van der Waals surface area contributed by atoms with Crippen LogP contribution in [0.25, 0.3) is 33.3 Å². The monoisotopic (exact) mass is 368 g/mol. The van der Waals surface area contributed by atoms with E-state index in [4.69, 9.17) is 19.4 Å². The first-order valence-electron chi connectivity index (χ1n) is 9.03. The van der Waals surface area contributed by atoms with E-state index in [0.717, 1.165) is 27.9 Å².